The van der Waals surface area contributed by atoms with Crippen molar-refractivity contribution in [2.45, 2.75) is 6.54 Å². The molecule has 0 radical (unpaired) electrons. The minimum absolute atomic E-state index is 0.130. The van der Waals surface area contributed by atoms with Gasteiger partial charge in [0.1, 0.15) is 6.33 Å². The molecule has 2 aromatic rings. The van der Waals surface area contributed by atoms with Crippen LogP contribution in [0.15, 0.2) is 29.5 Å². The third-order valence-electron chi connectivity index (χ3n) is 2.48. The summed E-state index contributed by atoms with van der Waals surface area (Å²) in [5.74, 6) is -0.484. The quantitative estimate of drug-likeness (QED) is 0.703. The molecular formula is C11H12N4O3. The summed E-state index contributed by atoms with van der Waals surface area (Å²) < 4.78 is 7.24. The van der Waals surface area contributed by atoms with E-state index in [1.165, 1.54) is 22.7 Å². The van der Waals surface area contributed by atoms with Crippen molar-refractivity contribution in [3.05, 3.63) is 46.4 Å². The highest BCUT2D eigenvalue weighted by Gasteiger charge is 2.14. The van der Waals surface area contributed by atoms with Gasteiger partial charge in [-0.15, -0.1) is 0 Å². The summed E-state index contributed by atoms with van der Waals surface area (Å²) in [4.78, 5) is 27.3. The monoisotopic (exact) mass is 248 g/mol. The van der Waals surface area contributed by atoms with E-state index in [9.17, 15) is 9.59 Å². The number of esters is 1. The zero-order valence-corrected chi connectivity index (χ0v) is 10.0. The van der Waals surface area contributed by atoms with Crippen LogP contribution in [0.5, 0.6) is 0 Å². The van der Waals surface area contributed by atoms with Crippen LogP contribution in [0, 0.1) is 0 Å². The Labute approximate surface area is 103 Å². The molecule has 2 heterocycles. The molecule has 7 heteroatoms. The predicted octanol–water partition coefficient (Wildman–Crippen LogP) is -0.188. The normalized spacial score (nSPS) is 10.3. The first-order valence-electron chi connectivity index (χ1n) is 5.24. The minimum Gasteiger partial charge on any atom is -0.465 e. The fourth-order valence-electron chi connectivity index (χ4n) is 1.53. The standard InChI is InChI=1S/C11H12N4O3/c1-14-7-13-15(11(14)17)6-9-8(10(16)18-2)4-3-5-12-9/h3-5,7H,6H2,1-2H3. The lowest BCUT2D eigenvalue weighted by atomic mass is 10.2. The Morgan fingerprint density at radius 2 is 2.28 bits per heavy atom. The first-order chi connectivity index (χ1) is 8.63. The van der Waals surface area contributed by atoms with Gasteiger partial charge in [0.15, 0.2) is 0 Å². The van der Waals surface area contributed by atoms with Crippen LogP contribution in [0.3, 0.4) is 0 Å². The molecule has 0 unspecified atom stereocenters. The third-order valence-corrected chi connectivity index (χ3v) is 2.48. The lowest BCUT2D eigenvalue weighted by molar-refractivity contribution is 0.0598. The Morgan fingerprint density at radius 3 is 2.89 bits per heavy atom. The van der Waals surface area contributed by atoms with Crippen molar-refractivity contribution < 1.29 is 9.53 Å². The Hall–Kier alpha value is -2.44. The lowest BCUT2D eigenvalue weighted by Gasteiger charge is -2.05. The van der Waals surface area contributed by atoms with E-state index in [4.69, 9.17) is 0 Å². The Kier molecular flexibility index (Phi) is 3.22. The van der Waals surface area contributed by atoms with Crippen LogP contribution < -0.4 is 5.69 Å². The molecule has 0 aliphatic heterocycles. The highest BCUT2D eigenvalue weighted by molar-refractivity contribution is 5.90. The number of aromatic nitrogens is 4. The van der Waals surface area contributed by atoms with Gasteiger partial charge in [0.25, 0.3) is 0 Å². The van der Waals surface area contributed by atoms with Crippen LogP contribution in [-0.2, 0) is 18.3 Å². The van der Waals surface area contributed by atoms with E-state index >= 15 is 0 Å². The molecule has 94 valence electrons. The van der Waals surface area contributed by atoms with Gasteiger partial charge in [0.2, 0.25) is 0 Å². The summed E-state index contributed by atoms with van der Waals surface area (Å²) in [5, 5.41) is 3.91. The predicted molar refractivity (Wildman–Crippen MR) is 62.1 cm³/mol. The van der Waals surface area contributed by atoms with Crippen molar-refractivity contribution in [2.75, 3.05) is 7.11 Å². The van der Waals surface area contributed by atoms with Crippen LogP contribution in [0.1, 0.15) is 16.1 Å². The molecule has 2 rings (SSSR count). The number of carbonyl (C=O) groups is 1. The molecule has 0 bridgehead atoms. The van der Waals surface area contributed by atoms with Gasteiger partial charge in [-0.1, -0.05) is 0 Å². The second kappa shape index (κ2) is 4.82. The number of hydrogen-bond acceptors (Lipinski definition) is 5. The Balaban J connectivity index is 2.38. The average molecular weight is 248 g/mol. The Bertz CT molecular complexity index is 629. The van der Waals surface area contributed by atoms with Crippen molar-refractivity contribution in [3.8, 4) is 0 Å². The summed E-state index contributed by atoms with van der Waals surface area (Å²) in [6.45, 7) is 0.130. The number of carbonyl (C=O) groups excluding carboxylic acids is 1. The second-order valence-corrected chi connectivity index (χ2v) is 3.67. The van der Waals surface area contributed by atoms with Crippen LogP contribution >= 0.6 is 0 Å². The summed E-state index contributed by atoms with van der Waals surface area (Å²) in [6.07, 6.45) is 2.96. The molecule has 0 aliphatic carbocycles. The van der Waals surface area contributed by atoms with Crippen LogP contribution in [0.2, 0.25) is 0 Å². The summed E-state index contributed by atoms with van der Waals surface area (Å²) in [6, 6.07) is 3.24. The number of hydrogen-bond donors (Lipinski definition) is 0. The number of rotatable bonds is 3. The zero-order chi connectivity index (χ0) is 13.1. The zero-order valence-electron chi connectivity index (χ0n) is 10.0. The fourth-order valence-corrected chi connectivity index (χ4v) is 1.53. The maximum Gasteiger partial charge on any atom is 0.345 e. The molecule has 2 aromatic heterocycles. The minimum atomic E-state index is -0.484. The van der Waals surface area contributed by atoms with E-state index in [0.717, 1.165) is 0 Å². The van der Waals surface area contributed by atoms with Gasteiger partial charge < -0.3 is 4.74 Å². The first kappa shape index (κ1) is 12.0. The van der Waals surface area contributed by atoms with Crippen molar-refractivity contribution >= 4 is 5.97 Å². The van der Waals surface area contributed by atoms with Crippen molar-refractivity contribution in [1.29, 1.82) is 0 Å². The van der Waals surface area contributed by atoms with Gasteiger partial charge in [-0.05, 0) is 12.1 Å². The molecule has 0 amide bonds. The summed E-state index contributed by atoms with van der Waals surface area (Å²) >= 11 is 0. The first-order valence-corrected chi connectivity index (χ1v) is 5.24. The van der Waals surface area contributed by atoms with Gasteiger partial charge in [-0.3, -0.25) is 9.55 Å². The van der Waals surface area contributed by atoms with Crippen LogP contribution in [0.25, 0.3) is 0 Å². The number of nitrogens with zero attached hydrogens (tertiary/aromatic N) is 4. The van der Waals surface area contributed by atoms with E-state index < -0.39 is 5.97 Å². The van der Waals surface area contributed by atoms with Gasteiger partial charge in [0.05, 0.1) is 24.9 Å². The molecule has 0 fully saturated rings. The van der Waals surface area contributed by atoms with Crippen LogP contribution in [0.4, 0.5) is 0 Å². The highest BCUT2D eigenvalue weighted by atomic mass is 16.5. The maximum absolute atomic E-state index is 11.6. The second-order valence-electron chi connectivity index (χ2n) is 3.67. The maximum atomic E-state index is 11.6. The summed E-state index contributed by atoms with van der Waals surface area (Å²) in [5.41, 5.74) is 0.513. The van der Waals surface area contributed by atoms with E-state index in [0.29, 0.717) is 11.3 Å². The largest absolute Gasteiger partial charge is 0.465 e. The summed E-state index contributed by atoms with van der Waals surface area (Å²) in [7, 11) is 2.90. The number of pyridine rings is 1. The highest BCUT2D eigenvalue weighted by Crippen LogP contribution is 2.07. The lowest BCUT2D eigenvalue weighted by Crippen LogP contribution is -2.24. The van der Waals surface area contributed by atoms with Crippen LogP contribution in [-0.4, -0.2) is 32.4 Å². The SMILES string of the molecule is COC(=O)c1cccnc1Cn1ncn(C)c1=O. The molecule has 0 aliphatic rings. The molecule has 0 saturated carbocycles. The number of ether oxygens (including phenoxy) is 1. The van der Waals surface area contributed by atoms with Crippen molar-refractivity contribution in [3.63, 3.8) is 0 Å². The van der Waals surface area contributed by atoms with Gasteiger partial charge >= 0.3 is 11.7 Å². The molecular weight excluding hydrogens is 236 g/mol. The van der Waals surface area contributed by atoms with E-state index in [1.54, 1.807) is 25.4 Å². The third kappa shape index (κ3) is 2.15. The van der Waals surface area contributed by atoms with Crippen molar-refractivity contribution in [2.24, 2.45) is 7.05 Å². The molecule has 0 aromatic carbocycles. The molecule has 0 N–H and O–H groups in total. The Morgan fingerprint density at radius 1 is 1.50 bits per heavy atom. The van der Waals surface area contributed by atoms with Gasteiger partial charge in [0, 0.05) is 13.2 Å². The average Bonchev–Trinajstić information content (AvgIpc) is 2.70. The molecule has 7 nitrogen and oxygen atoms in total. The number of methoxy groups -OCH3 is 1. The topological polar surface area (TPSA) is 79.0 Å². The van der Waals surface area contributed by atoms with Crippen molar-refractivity contribution in [1.82, 2.24) is 19.3 Å². The number of aryl methyl sites for hydroxylation is 1. The van der Waals surface area contributed by atoms with E-state index in [2.05, 4.69) is 14.8 Å². The van der Waals surface area contributed by atoms with Gasteiger partial charge in [-0.2, -0.15) is 5.10 Å². The van der Waals surface area contributed by atoms with E-state index in [1.807, 2.05) is 0 Å². The fraction of sp³-hybridized carbons (Fsp3) is 0.273. The smallest absolute Gasteiger partial charge is 0.345 e. The van der Waals surface area contributed by atoms with Gasteiger partial charge in [-0.25, -0.2) is 14.3 Å². The molecule has 0 atom stereocenters. The molecule has 0 spiro atoms. The molecule has 18 heavy (non-hydrogen) atoms. The van der Waals surface area contributed by atoms with E-state index in [-0.39, 0.29) is 12.2 Å². The molecule has 0 saturated heterocycles.